The minimum absolute atomic E-state index is 0.171. The molecule has 1 aromatic carbocycles. The van der Waals surface area contributed by atoms with Crippen molar-refractivity contribution >= 4 is 5.96 Å². The maximum atomic E-state index is 12.5. The molecule has 0 aliphatic rings. The minimum Gasteiger partial charge on any atom is -0.434 e. The van der Waals surface area contributed by atoms with Gasteiger partial charge in [0.25, 0.3) is 0 Å². The first-order valence-electron chi connectivity index (χ1n) is 9.72. The van der Waals surface area contributed by atoms with Crippen LogP contribution in [0.3, 0.4) is 0 Å². The van der Waals surface area contributed by atoms with Crippen LogP contribution in [0.5, 0.6) is 5.75 Å². The highest BCUT2D eigenvalue weighted by Gasteiger charge is 2.08. The standard InChI is InChI=1S/C20H34F2N4O/c1-4-23-20(24-14-10-6-5-7-11-15-26(2)3)25-16-17-12-8-9-13-18(17)27-19(21)22/h8-9,12-13,19H,4-7,10-11,14-16H2,1-3H3,(H2,23,24,25). The number of benzene rings is 1. The van der Waals surface area contributed by atoms with E-state index in [2.05, 4.69) is 39.4 Å². The fourth-order valence-electron chi connectivity index (χ4n) is 2.64. The molecule has 0 saturated heterocycles. The average molecular weight is 385 g/mol. The van der Waals surface area contributed by atoms with E-state index in [1.165, 1.54) is 31.7 Å². The number of alkyl halides is 2. The van der Waals surface area contributed by atoms with Crippen molar-refractivity contribution in [3.63, 3.8) is 0 Å². The van der Waals surface area contributed by atoms with Crippen molar-refractivity contribution in [1.82, 2.24) is 15.5 Å². The monoisotopic (exact) mass is 384 g/mol. The number of nitrogens with zero attached hydrogens (tertiary/aromatic N) is 2. The van der Waals surface area contributed by atoms with Crippen molar-refractivity contribution < 1.29 is 13.5 Å². The van der Waals surface area contributed by atoms with Crippen molar-refractivity contribution in [2.24, 2.45) is 4.99 Å². The molecule has 27 heavy (non-hydrogen) atoms. The molecule has 0 unspecified atom stereocenters. The molecular formula is C20H34F2N4O. The molecule has 0 amide bonds. The highest BCUT2D eigenvalue weighted by Crippen LogP contribution is 2.20. The van der Waals surface area contributed by atoms with Gasteiger partial charge in [-0.25, -0.2) is 4.99 Å². The fourth-order valence-corrected chi connectivity index (χ4v) is 2.64. The van der Waals surface area contributed by atoms with Crippen LogP contribution in [0.1, 0.15) is 44.6 Å². The van der Waals surface area contributed by atoms with Crippen LogP contribution in [0, 0.1) is 0 Å². The summed E-state index contributed by atoms with van der Waals surface area (Å²) in [5.41, 5.74) is 0.635. The van der Waals surface area contributed by atoms with Gasteiger partial charge in [0.15, 0.2) is 5.96 Å². The third kappa shape index (κ3) is 11.4. The first-order chi connectivity index (χ1) is 13.0. The van der Waals surface area contributed by atoms with E-state index in [-0.39, 0.29) is 12.3 Å². The fraction of sp³-hybridized carbons (Fsp3) is 0.650. The van der Waals surface area contributed by atoms with E-state index in [1.54, 1.807) is 18.2 Å². The molecule has 0 aromatic heterocycles. The predicted molar refractivity (Wildman–Crippen MR) is 108 cm³/mol. The van der Waals surface area contributed by atoms with Crippen LogP contribution >= 0.6 is 0 Å². The van der Waals surface area contributed by atoms with E-state index in [0.29, 0.717) is 11.5 Å². The molecule has 0 spiro atoms. The predicted octanol–water partition coefficient (Wildman–Crippen LogP) is 3.86. The first kappa shape index (κ1) is 23.1. The molecule has 1 aromatic rings. The van der Waals surface area contributed by atoms with E-state index < -0.39 is 6.61 Å². The van der Waals surface area contributed by atoms with Crippen LogP contribution in [-0.4, -0.2) is 51.2 Å². The Morgan fingerprint density at radius 1 is 1.07 bits per heavy atom. The van der Waals surface area contributed by atoms with Crippen molar-refractivity contribution in [2.45, 2.75) is 52.2 Å². The molecule has 0 radical (unpaired) electrons. The van der Waals surface area contributed by atoms with Gasteiger partial charge in [-0.1, -0.05) is 37.5 Å². The molecule has 0 heterocycles. The molecule has 7 heteroatoms. The number of hydrogen-bond acceptors (Lipinski definition) is 3. The highest BCUT2D eigenvalue weighted by molar-refractivity contribution is 5.79. The summed E-state index contributed by atoms with van der Waals surface area (Å²) in [5.74, 6) is 0.863. The summed E-state index contributed by atoms with van der Waals surface area (Å²) >= 11 is 0. The Labute approximate surface area is 162 Å². The van der Waals surface area contributed by atoms with Crippen molar-refractivity contribution in [1.29, 1.82) is 0 Å². The van der Waals surface area contributed by atoms with Gasteiger partial charge in [-0.2, -0.15) is 8.78 Å². The second-order valence-electron chi connectivity index (χ2n) is 6.68. The third-order valence-electron chi connectivity index (χ3n) is 4.01. The molecule has 154 valence electrons. The summed E-state index contributed by atoms with van der Waals surface area (Å²) in [4.78, 5) is 6.70. The van der Waals surface area contributed by atoms with E-state index in [4.69, 9.17) is 0 Å². The second-order valence-corrected chi connectivity index (χ2v) is 6.68. The number of rotatable bonds is 13. The zero-order valence-corrected chi connectivity index (χ0v) is 16.8. The van der Waals surface area contributed by atoms with Gasteiger partial charge in [-0.15, -0.1) is 0 Å². The Hall–Kier alpha value is -1.89. The Morgan fingerprint density at radius 3 is 2.48 bits per heavy atom. The van der Waals surface area contributed by atoms with Gasteiger partial charge >= 0.3 is 6.61 Å². The van der Waals surface area contributed by atoms with Gasteiger partial charge < -0.3 is 20.3 Å². The molecule has 0 atom stereocenters. The van der Waals surface area contributed by atoms with E-state index >= 15 is 0 Å². The molecule has 0 fully saturated rings. The van der Waals surface area contributed by atoms with Crippen molar-refractivity contribution in [3.05, 3.63) is 29.8 Å². The van der Waals surface area contributed by atoms with Gasteiger partial charge in [0.1, 0.15) is 5.75 Å². The van der Waals surface area contributed by atoms with Crippen molar-refractivity contribution in [3.8, 4) is 5.75 Å². The largest absolute Gasteiger partial charge is 0.434 e. The van der Waals surface area contributed by atoms with Crippen LogP contribution in [0.15, 0.2) is 29.3 Å². The molecule has 5 nitrogen and oxygen atoms in total. The Balaban J connectivity index is 2.38. The lowest BCUT2D eigenvalue weighted by molar-refractivity contribution is -0.0504. The van der Waals surface area contributed by atoms with Gasteiger partial charge in [0.05, 0.1) is 6.54 Å². The number of para-hydroxylation sites is 1. The number of guanidine groups is 1. The van der Waals surface area contributed by atoms with E-state index in [9.17, 15) is 8.78 Å². The second kappa shape index (κ2) is 14.2. The molecule has 0 bridgehead atoms. The summed E-state index contributed by atoms with van der Waals surface area (Å²) in [5, 5.41) is 6.48. The van der Waals surface area contributed by atoms with Crippen LogP contribution in [0.2, 0.25) is 0 Å². The highest BCUT2D eigenvalue weighted by atomic mass is 19.3. The average Bonchev–Trinajstić information content (AvgIpc) is 2.62. The summed E-state index contributed by atoms with van der Waals surface area (Å²) in [6, 6.07) is 6.75. The summed E-state index contributed by atoms with van der Waals surface area (Å²) in [6.45, 7) is 2.17. The molecule has 0 saturated carbocycles. The van der Waals surface area contributed by atoms with Gasteiger partial charge in [-0.3, -0.25) is 0 Å². The Morgan fingerprint density at radius 2 is 1.78 bits per heavy atom. The zero-order valence-electron chi connectivity index (χ0n) is 16.8. The smallest absolute Gasteiger partial charge is 0.387 e. The third-order valence-corrected chi connectivity index (χ3v) is 4.01. The van der Waals surface area contributed by atoms with Crippen LogP contribution < -0.4 is 15.4 Å². The topological polar surface area (TPSA) is 48.9 Å². The Bertz CT molecular complexity index is 538. The number of hydrogen-bond donors (Lipinski definition) is 2. The van der Waals surface area contributed by atoms with Crippen LogP contribution in [0.4, 0.5) is 8.78 Å². The number of nitrogens with one attached hydrogen (secondary N) is 2. The molecule has 0 aliphatic carbocycles. The maximum Gasteiger partial charge on any atom is 0.387 e. The number of unbranched alkanes of at least 4 members (excludes halogenated alkanes) is 4. The number of ether oxygens (including phenoxy) is 1. The molecular weight excluding hydrogens is 350 g/mol. The van der Waals surface area contributed by atoms with Crippen LogP contribution in [0.25, 0.3) is 0 Å². The first-order valence-corrected chi connectivity index (χ1v) is 9.72. The lowest BCUT2D eigenvalue weighted by atomic mass is 10.1. The SMILES string of the molecule is CCNC(=NCc1ccccc1OC(F)F)NCCCCCCCN(C)C. The van der Waals surface area contributed by atoms with Gasteiger partial charge in [-0.05, 0) is 46.5 Å². The number of aliphatic imine (C=N–C) groups is 1. The number of halogens is 2. The molecule has 1 rings (SSSR count). The summed E-state index contributed by atoms with van der Waals surface area (Å²) in [7, 11) is 4.20. The van der Waals surface area contributed by atoms with Gasteiger partial charge in [0.2, 0.25) is 0 Å². The summed E-state index contributed by atoms with van der Waals surface area (Å²) in [6.07, 6.45) is 6.00. The summed E-state index contributed by atoms with van der Waals surface area (Å²) < 4.78 is 29.5. The quantitative estimate of drug-likeness (QED) is 0.308. The minimum atomic E-state index is -2.83. The Kier molecular flexibility index (Phi) is 12.2. The maximum absolute atomic E-state index is 12.5. The van der Waals surface area contributed by atoms with Gasteiger partial charge in [0, 0.05) is 18.7 Å². The van der Waals surface area contributed by atoms with E-state index in [0.717, 1.165) is 26.1 Å². The normalized spacial score (nSPS) is 11.9. The lowest BCUT2D eigenvalue weighted by Gasteiger charge is -2.13. The molecule has 0 aliphatic heterocycles. The van der Waals surface area contributed by atoms with Crippen LogP contribution in [-0.2, 0) is 6.54 Å². The lowest BCUT2D eigenvalue weighted by Crippen LogP contribution is -2.37. The molecule has 2 N–H and O–H groups in total. The zero-order chi connectivity index (χ0) is 19.9. The van der Waals surface area contributed by atoms with E-state index in [1.807, 2.05) is 6.92 Å². The van der Waals surface area contributed by atoms with Crippen molar-refractivity contribution in [2.75, 3.05) is 33.7 Å².